The van der Waals surface area contributed by atoms with Crippen LogP contribution in [0, 0.1) is 25.2 Å². The lowest BCUT2D eigenvalue weighted by atomic mass is 9.88. The van der Waals surface area contributed by atoms with Crippen molar-refractivity contribution in [1.29, 1.82) is 5.26 Å². The lowest BCUT2D eigenvalue weighted by molar-refractivity contribution is 0.0536. The van der Waals surface area contributed by atoms with Crippen LogP contribution in [-0.4, -0.2) is 58.4 Å². The van der Waals surface area contributed by atoms with Crippen molar-refractivity contribution in [3.05, 3.63) is 70.5 Å². The van der Waals surface area contributed by atoms with Crippen LogP contribution in [0.3, 0.4) is 0 Å². The number of carbonyl (C=O) groups is 1. The molecule has 2 fully saturated rings. The Balaban J connectivity index is 1.34. The van der Waals surface area contributed by atoms with Crippen molar-refractivity contribution in [2.75, 3.05) is 32.8 Å². The number of hydrogen-bond donors (Lipinski definition) is 1. The third-order valence-electron chi connectivity index (χ3n) is 7.15. The second-order valence-electron chi connectivity index (χ2n) is 9.39. The Hall–Kier alpha value is -3.54. The van der Waals surface area contributed by atoms with E-state index in [-0.39, 0.29) is 12.1 Å². The summed E-state index contributed by atoms with van der Waals surface area (Å²) in [7, 11) is 0. The largest absolute Gasteiger partial charge is 0.377 e. The summed E-state index contributed by atoms with van der Waals surface area (Å²) in [5, 5.41) is 21.0. The number of ether oxygens (including phenoxy) is 1. The molecule has 0 bridgehead atoms. The van der Waals surface area contributed by atoms with Crippen molar-refractivity contribution in [2.45, 2.75) is 38.8 Å². The van der Waals surface area contributed by atoms with E-state index < -0.39 is 0 Å². The predicted octanol–water partition coefficient (Wildman–Crippen LogP) is 3.57. The quantitative estimate of drug-likeness (QED) is 0.626. The molecule has 1 aromatic heterocycles. The molecule has 3 heterocycles. The van der Waals surface area contributed by atoms with Crippen LogP contribution in [0.5, 0.6) is 0 Å². The van der Waals surface area contributed by atoms with E-state index in [1.165, 1.54) is 5.56 Å². The Kier molecular flexibility index (Phi) is 6.62. The minimum atomic E-state index is -0.0325. The highest BCUT2D eigenvalue weighted by molar-refractivity contribution is 5.97. The van der Waals surface area contributed by atoms with Crippen molar-refractivity contribution in [3.8, 4) is 17.5 Å². The number of nitrogens with one attached hydrogen (secondary N) is 1. The first-order chi connectivity index (χ1) is 17.0. The van der Waals surface area contributed by atoms with Gasteiger partial charge < -0.3 is 9.64 Å². The van der Waals surface area contributed by atoms with Gasteiger partial charge in [0.2, 0.25) is 0 Å². The van der Waals surface area contributed by atoms with Crippen LogP contribution in [0.4, 0.5) is 0 Å². The fraction of sp³-hybridized carbons (Fsp3) is 0.407. The van der Waals surface area contributed by atoms with Crippen LogP contribution in [-0.2, 0) is 4.74 Å². The van der Waals surface area contributed by atoms with Crippen LogP contribution in [0.1, 0.15) is 57.5 Å². The molecule has 2 aliphatic rings. The fourth-order valence-corrected chi connectivity index (χ4v) is 5.13. The number of amides is 1. The molecule has 2 saturated heterocycles. The molecule has 1 atom stereocenters. The van der Waals surface area contributed by atoms with Crippen LogP contribution >= 0.6 is 0 Å². The molecule has 1 amide bonds. The smallest absolute Gasteiger partial charge is 0.254 e. The monoisotopic (exact) mass is 470 g/mol. The molecule has 0 saturated carbocycles. The van der Waals surface area contributed by atoms with Gasteiger partial charge in [0, 0.05) is 30.8 Å². The van der Waals surface area contributed by atoms with E-state index in [1.54, 1.807) is 6.33 Å². The summed E-state index contributed by atoms with van der Waals surface area (Å²) in [6.07, 6.45) is 3.51. The summed E-state index contributed by atoms with van der Waals surface area (Å²) in [6.45, 7) is 7.49. The lowest BCUT2D eigenvalue weighted by Crippen LogP contribution is -2.38. The molecule has 0 radical (unpaired) electrons. The first kappa shape index (κ1) is 23.2. The number of hydrogen-bond acceptors (Lipinski definition) is 6. The lowest BCUT2D eigenvalue weighted by Gasteiger charge is -2.33. The van der Waals surface area contributed by atoms with Gasteiger partial charge in [-0.25, -0.2) is 0 Å². The summed E-state index contributed by atoms with van der Waals surface area (Å²) >= 11 is 0. The molecule has 3 aromatic rings. The van der Waals surface area contributed by atoms with Gasteiger partial charge in [0.15, 0.2) is 5.82 Å². The van der Waals surface area contributed by atoms with Gasteiger partial charge in [-0.3, -0.25) is 14.7 Å². The third kappa shape index (κ3) is 4.70. The maximum absolute atomic E-state index is 13.6. The Morgan fingerprint density at radius 2 is 1.91 bits per heavy atom. The molecule has 2 aliphatic heterocycles. The molecule has 35 heavy (non-hydrogen) atoms. The van der Waals surface area contributed by atoms with Gasteiger partial charge >= 0.3 is 0 Å². The zero-order valence-corrected chi connectivity index (χ0v) is 20.2. The molecule has 5 rings (SSSR count). The van der Waals surface area contributed by atoms with E-state index in [2.05, 4.69) is 27.6 Å². The average Bonchev–Trinajstić information content (AvgIpc) is 3.39. The highest BCUT2D eigenvalue weighted by Gasteiger charge is 2.27. The van der Waals surface area contributed by atoms with E-state index in [0.717, 1.165) is 41.9 Å². The van der Waals surface area contributed by atoms with Crippen molar-refractivity contribution < 1.29 is 9.53 Å². The Morgan fingerprint density at radius 1 is 1.14 bits per heavy atom. The first-order valence-electron chi connectivity index (χ1n) is 12.2. The first-order valence-corrected chi connectivity index (χ1v) is 12.2. The highest BCUT2D eigenvalue weighted by atomic mass is 16.5. The van der Waals surface area contributed by atoms with E-state index >= 15 is 0 Å². The van der Waals surface area contributed by atoms with Gasteiger partial charge in [-0.2, -0.15) is 5.26 Å². The topological polar surface area (TPSA) is 96.1 Å². The number of piperidine rings is 1. The fourth-order valence-electron chi connectivity index (χ4n) is 5.13. The molecule has 0 spiro atoms. The number of aromatic nitrogens is 3. The second-order valence-corrected chi connectivity index (χ2v) is 9.39. The van der Waals surface area contributed by atoms with Crippen molar-refractivity contribution >= 4 is 5.91 Å². The Bertz CT molecular complexity index is 1250. The molecule has 2 aromatic carbocycles. The molecular formula is C27H30N6O2. The maximum atomic E-state index is 13.6. The van der Waals surface area contributed by atoms with Gasteiger partial charge in [-0.15, -0.1) is 10.2 Å². The van der Waals surface area contributed by atoms with Crippen LogP contribution < -0.4 is 5.32 Å². The minimum absolute atomic E-state index is 0.0325. The Labute approximate surface area is 205 Å². The second kappa shape index (κ2) is 9.98. The van der Waals surface area contributed by atoms with E-state index in [1.807, 2.05) is 53.6 Å². The number of rotatable bonds is 4. The maximum Gasteiger partial charge on any atom is 0.254 e. The van der Waals surface area contributed by atoms with E-state index in [0.29, 0.717) is 43.3 Å². The summed E-state index contributed by atoms with van der Waals surface area (Å²) in [5.41, 5.74) is 5.57. The highest BCUT2D eigenvalue weighted by Crippen LogP contribution is 2.31. The number of likely N-dealkylation sites (tertiary alicyclic amines) is 1. The van der Waals surface area contributed by atoms with Crippen molar-refractivity contribution in [3.63, 3.8) is 0 Å². The van der Waals surface area contributed by atoms with E-state index in [9.17, 15) is 4.79 Å². The summed E-state index contributed by atoms with van der Waals surface area (Å²) < 4.78 is 7.62. The molecule has 180 valence electrons. The number of nitrogens with zero attached hydrogens (tertiary/aromatic N) is 5. The van der Waals surface area contributed by atoms with Gasteiger partial charge in [0.05, 0.1) is 24.8 Å². The molecule has 1 unspecified atom stereocenters. The zero-order valence-electron chi connectivity index (χ0n) is 20.2. The van der Waals surface area contributed by atoms with Crippen molar-refractivity contribution in [2.24, 2.45) is 0 Å². The number of carbonyl (C=O) groups excluding carboxylic acids is 1. The van der Waals surface area contributed by atoms with Crippen LogP contribution in [0.2, 0.25) is 0 Å². The van der Waals surface area contributed by atoms with Gasteiger partial charge in [0.1, 0.15) is 12.5 Å². The Morgan fingerprint density at radius 3 is 2.60 bits per heavy atom. The summed E-state index contributed by atoms with van der Waals surface area (Å²) in [4.78, 5) is 15.5. The standard InChI is InChI=1S/C27H30N6O2/c1-18-13-19(2)24(14-23(18)26-31-30-17-33(26)25-16-35-12-9-29-25)27(34)32-10-7-22(8-11-32)21-5-3-20(15-28)4-6-21/h3-6,13-14,17,22,25,29H,7-12,16H2,1-2H3. The normalized spacial score (nSPS) is 18.9. The summed E-state index contributed by atoms with van der Waals surface area (Å²) in [5.74, 6) is 1.21. The van der Waals surface area contributed by atoms with Crippen LogP contribution in [0.15, 0.2) is 42.7 Å². The molecule has 1 N–H and O–H groups in total. The van der Waals surface area contributed by atoms with Gasteiger partial charge in [0.25, 0.3) is 5.91 Å². The average molecular weight is 471 g/mol. The number of morpholine rings is 1. The predicted molar refractivity (Wildman–Crippen MR) is 132 cm³/mol. The summed E-state index contributed by atoms with van der Waals surface area (Å²) in [6, 6.07) is 14.0. The van der Waals surface area contributed by atoms with Gasteiger partial charge in [-0.1, -0.05) is 18.2 Å². The molecule has 8 nitrogen and oxygen atoms in total. The number of benzene rings is 2. The number of aryl methyl sites for hydroxylation is 2. The zero-order chi connectivity index (χ0) is 24.4. The van der Waals surface area contributed by atoms with Crippen molar-refractivity contribution in [1.82, 2.24) is 25.0 Å². The van der Waals surface area contributed by atoms with E-state index in [4.69, 9.17) is 10.00 Å². The van der Waals surface area contributed by atoms with Crippen LogP contribution in [0.25, 0.3) is 11.4 Å². The third-order valence-corrected chi connectivity index (χ3v) is 7.15. The SMILES string of the molecule is Cc1cc(C)c(-c2nncn2C2COCCN2)cc1C(=O)N1CCC(c2ccc(C#N)cc2)CC1. The molecular weight excluding hydrogens is 440 g/mol. The minimum Gasteiger partial charge on any atom is -0.377 e. The molecule has 8 heteroatoms. The van der Waals surface area contributed by atoms with Gasteiger partial charge in [-0.05, 0) is 67.5 Å². The number of nitriles is 1. The molecule has 0 aliphatic carbocycles.